The lowest BCUT2D eigenvalue weighted by Gasteiger charge is -2.02. The number of thioether (sulfide) groups is 1. The summed E-state index contributed by atoms with van der Waals surface area (Å²) in [7, 11) is 0. The summed E-state index contributed by atoms with van der Waals surface area (Å²) in [4.78, 5) is 10.1. The molecule has 0 saturated carbocycles. The molecule has 0 rings (SSSR count). The highest BCUT2D eigenvalue weighted by atomic mass is 32.2. The van der Waals surface area contributed by atoms with E-state index in [0.717, 1.165) is 5.75 Å². The van der Waals surface area contributed by atoms with Gasteiger partial charge in [0.2, 0.25) is 0 Å². The van der Waals surface area contributed by atoms with Crippen molar-refractivity contribution in [2.75, 3.05) is 12.0 Å². The minimum absolute atomic E-state index is 0.552. The van der Waals surface area contributed by atoms with Gasteiger partial charge in [-0.2, -0.15) is 11.8 Å². The van der Waals surface area contributed by atoms with Gasteiger partial charge in [0.25, 0.3) is 0 Å². The standard InChI is InChI=1S/C5H11NO2S/c1-9-3-2-4(6)5(7)8/h4H,2-3,6H2,1H3,(H,7,8)/t4-/m0/s1/i1+2. The molecule has 0 aromatic heterocycles. The van der Waals surface area contributed by atoms with Gasteiger partial charge in [-0.3, -0.25) is 4.79 Å². The lowest BCUT2D eigenvalue weighted by molar-refractivity contribution is -0.138. The third-order valence-electron chi connectivity index (χ3n) is 0.950. The van der Waals surface area contributed by atoms with E-state index in [-0.39, 0.29) is 0 Å². The van der Waals surface area contributed by atoms with E-state index >= 15 is 0 Å². The van der Waals surface area contributed by atoms with Gasteiger partial charge in [-0.25, -0.2) is 0 Å². The lowest BCUT2D eigenvalue weighted by atomic mass is 10.2. The van der Waals surface area contributed by atoms with Crippen LogP contribution in [-0.4, -0.2) is 29.1 Å². The Morgan fingerprint density at radius 3 is 2.78 bits per heavy atom. The first kappa shape index (κ1) is 8.78. The molecule has 9 heavy (non-hydrogen) atoms. The first-order valence-electron chi connectivity index (χ1n) is 2.65. The molecule has 0 amide bonds. The number of nitrogens with two attached hydrogens (primary N) is 1. The van der Waals surface area contributed by atoms with Gasteiger partial charge in [0, 0.05) is 0 Å². The van der Waals surface area contributed by atoms with Crippen LogP contribution in [0.3, 0.4) is 0 Å². The SMILES string of the molecule is [14CH3]SCC[C@H](N)C(=O)O. The number of carboxylic acids is 1. The molecule has 3 N–H and O–H groups in total. The molecule has 0 aliphatic rings. The van der Waals surface area contributed by atoms with Crippen LogP contribution in [0.15, 0.2) is 0 Å². The predicted octanol–water partition coefficient (Wildman–Crippen LogP) is 0.151. The smallest absolute Gasteiger partial charge is 0.320 e. The van der Waals surface area contributed by atoms with Crippen molar-refractivity contribution in [3.63, 3.8) is 0 Å². The Morgan fingerprint density at radius 2 is 2.44 bits per heavy atom. The predicted molar refractivity (Wildman–Crippen MR) is 38.6 cm³/mol. The molecule has 0 aliphatic carbocycles. The highest BCUT2D eigenvalue weighted by Gasteiger charge is 2.08. The van der Waals surface area contributed by atoms with Gasteiger partial charge in [0.05, 0.1) is 0 Å². The number of aliphatic carboxylic acids is 1. The van der Waals surface area contributed by atoms with E-state index in [1.54, 1.807) is 11.8 Å². The van der Waals surface area contributed by atoms with Gasteiger partial charge in [-0.15, -0.1) is 0 Å². The third-order valence-corrected chi connectivity index (χ3v) is 1.59. The van der Waals surface area contributed by atoms with Crippen molar-refractivity contribution in [1.82, 2.24) is 0 Å². The molecule has 0 bridgehead atoms. The first-order valence-corrected chi connectivity index (χ1v) is 4.05. The quantitative estimate of drug-likeness (QED) is 0.600. The van der Waals surface area contributed by atoms with Crippen molar-refractivity contribution in [2.45, 2.75) is 12.5 Å². The van der Waals surface area contributed by atoms with Crippen molar-refractivity contribution in [3.8, 4) is 0 Å². The molecule has 3 nitrogen and oxygen atoms in total. The minimum atomic E-state index is -0.913. The maximum atomic E-state index is 10.1. The van der Waals surface area contributed by atoms with E-state index < -0.39 is 12.0 Å². The fourth-order valence-corrected chi connectivity index (χ4v) is 0.858. The molecule has 0 aromatic rings. The normalized spacial score (nSPS) is 13.1. The number of carbonyl (C=O) groups is 1. The Balaban J connectivity index is 3.27. The zero-order valence-electron chi connectivity index (χ0n) is 5.33. The van der Waals surface area contributed by atoms with E-state index in [1.807, 2.05) is 6.26 Å². The summed E-state index contributed by atoms with van der Waals surface area (Å²) in [6.45, 7) is 0. The summed E-state index contributed by atoms with van der Waals surface area (Å²) < 4.78 is 0. The summed E-state index contributed by atoms with van der Waals surface area (Å²) in [6, 6.07) is -0.683. The van der Waals surface area contributed by atoms with E-state index in [2.05, 4.69) is 0 Å². The third kappa shape index (κ3) is 4.29. The summed E-state index contributed by atoms with van der Waals surface area (Å²) in [6.07, 6.45) is 2.48. The average Bonchev–Trinajstić information content (AvgIpc) is 1.82. The van der Waals surface area contributed by atoms with Crippen LogP contribution in [0.25, 0.3) is 0 Å². The summed E-state index contributed by atoms with van der Waals surface area (Å²) >= 11 is 1.60. The van der Waals surface area contributed by atoms with Gasteiger partial charge in [-0.1, -0.05) is 0 Å². The summed E-state index contributed by atoms with van der Waals surface area (Å²) in [5.74, 6) is -0.1000. The van der Waals surface area contributed by atoms with E-state index in [1.165, 1.54) is 0 Å². The maximum absolute atomic E-state index is 10.1. The highest BCUT2D eigenvalue weighted by molar-refractivity contribution is 7.98. The largest absolute Gasteiger partial charge is 0.480 e. The molecule has 54 valence electrons. The number of rotatable bonds is 4. The Morgan fingerprint density at radius 1 is 1.89 bits per heavy atom. The molecule has 4 heteroatoms. The summed E-state index contributed by atoms with van der Waals surface area (Å²) in [5.41, 5.74) is 5.19. The average molecular weight is 151 g/mol. The maximum Gasteiger partial charge on any atom is 0.320 e. The number of hydrogen-bond acceptors (Lipinski definition) is 3. The van der Waals surface area contributed by atoms with Crippen LogP contribution in [0.4, 0.5) is 0 Å². The molecular weight excluding hydrogens is 140 g/mol. The molecule has 0 aliphatic heterocycles. The van der Waals surface area contributed by atoms with Crippen molar-refractivity contribution in [2.24, 2.45) is 5.73 Å². The molecule has 0 fully saturated rings. The Bertz CT molecular complexity index is 97.0. The molecule has 1 atom stereocenters. The van der Waals surface area contributed by atoms with Crippen molar-refractivity contribution in [3.05, 3.63) is 0 Å². The molecule has 0 heterocycles. The Hall–Kier alpha value is -0.220. The zero-order chi connectivity index (χ0) is 7.28. The van der Waals surface area contributed by atoms with Gasteiger partial charge in [0.15, 0.2) is 0 Å². The summed E-state index contributed by atoms with van der Waals surface area (Å²) in [5, 5.41) is 8.27. The van der Waals surface area contributed by atoms with Crippen molar-refractivity contribution in [1.29, 1.82) is 0 Å². The van der Waals surface area contributed by atoms with Crippen LogP contribution in [0.2, 0.25) is 0 Å². The first-order chi connectivity index (χ1) is 4.18. The second-order valence-electron chi connectivity index (χ2n) is 1.73. The molecule has 0 radical (unpaired) electrons. The molecule has 0 aromatic carbocycles. The molecule has 0 saturated heterocycles. The Labute approximate surface area is 58.6 Å². The fraction of sp³-hybridized carbons (Fsp3) is 0.800. The van der Waals surface area contributed by atoms with E-state index in [0.29, 0.717) is 6.42 Å². The second kappa shape index (κ2) is 4.64. The number of carboxylic acid groups (broad SMARTS) is 1. The fourth-order valence-electron chi connectivity index (χ4n) is 0.368. The molecule has 0 spiro atoms. The van der Waals surface area contributed by atoms with Crippen LogP contribution >= 0.6 is 11.8 Å². The molecule has 0 unspecified atom stereocenters. The molecular formula is C5H11NO2S. The topological polar surface area (TPSA) is 63.3 Å². The Kier molecular flexibility index (Phi) is 4.53. The van der Waals surface area contributed by atoms with Crippen molar-refractivity contribution >= 4 is 17.7 Å². The monoisotopic (exact) mass is 151 g/mol. The van der Waals surface area contributed by atoms with Gasteiger partial charge in [-0.05, 0) is 18.4 Å². The van der Waals surface area contributed by atoms with Crippen LogP contribution in [0, 0.1) is 0 Å². The van der Waals surface area contributed by atoms with E-state index in [9.17, 15) is 4.79 Å². The van der Waals surface area contributed by atoms with Crippen LogP contribution < -0.4 is 5.73 Å². The van der Waals surface area contributed by atoms with Gasteiger partial charge >= 0.3 is 5.97 Å². The van der Waals surface area contributed by atoms with Gasteiger partial charge < -0.3 is 10.8 Å². The van der Waals surface area contributed by atoms with Crippen LogP contribution in [0.5, 0.6) is 0 Å². The van der Waals surface area contributed by atoms with Crippen LogP contribution in [0.1, 0.15) is 6.42 Å². The zero-order valence-corrected chi connectivity index (χ0v) is 6.15. The second-order valence-corrected chi connectivity index (χ2v) is 2.71. The van der Waals surface area contributed by atoms with Crippen LogP contribution in [-0.2, 0) is 4.79 Å². The van der Waals surface area contributed by atoms with E-state index in [4.69, 9.17) is 10.8 Å². The highest BCUT2D eigenvalue weighted by Crippen LogP contribution is 1.97. The lowest BCUT2D eigenvalue weighted by Crippen LogP contribution is -2.30. The minimum Gasteiger partial charge on any atom is -0.480 e. The number of hydrogen-bond donors (Lipinski definition) is 2. The van der Waals surface area contributed by atoms with Gasteiger partial charge in [0.1, 0.15) is 6.04 Å². The van der Waals surface area contributed by atoms with Crippen molar-refractivity contribution < 1.29 is 9.90 Å².